The summed E-state index contributed by atoms with van der Waals surface area (Å²) in [4.78, 5) is 31.2. The van der Waals surface area contributed by atoms with Crippen LogP contribution in [-0.2, 0) is 11.0 Å². The molecule has 1 aromatic rings. The Hall–Kier alpha value is -2.14. The van der Waals surface area contributed by atoms with Gasteiger partial charge in [0.15, 0.2) is 5.17 Å². The number of rotatable bonds is 5. The van der Waals surface area contributed by atoms with Gasteiger partial charge in [0.1, 0.15) is 12.3 Å². The number of nitro groups is 1. The Bertz CT molecular complexity index is 926. The van der Waals surface area contributed by atoms with Crippen LogP contribution < -0.4 is 0 Å². The van der Waals surface area contributed by atoms with Gasteiger partial charge in [-0.25, -0.2) is 4.99 Å². The number of fused-ring (bicyclic) bond motifs is 1. The maximum absolute atomic E-state index is 13.3. The number of piperazine rings is 1. The van der Waals surface area contributed by atoms with E-state index in [1.54, 1.807) is 0 Å². The van der Waals surface area contributed by atoms with Gasteiger partial charge in [0, 0.05) is 37.8 Å². The number of hydrogen-bond donors (Lipinski definition) is 0. The summed E-state index contributed by atoms with van der Waals surface area (Å²) in [6.45, 7) is 4.00. The minimum absolute atomic E-state index is 0.0635. The van der Waals surface area contributed by atoms with Crippen molar-refractivity contribution >= 4 is 28.9 Å². The first kappa shape index (κ1) is 24.0. The van der Waals surface area contributed by atoms with Crippen molar-refractivity contribution in [2.75, 3.05) is 32.7 Å². The number of hydrogen-bond acceptors (Lipinski definition) is 7. The molecule has 2 aliphatic heterocycles. The first-order valence-electron chi connectivity index (χ1n) is 11.3. The molecular formula is C22H27F3N4O3S. The second-order valence-electron chi connectivity index (χ2n) is 8.88. The van der Waals surface area contributed by atoms with Crippen LogP contribution in [0.1, 0.15) is 55.7 Å². The summed E-state index contributed by atoms with van der Waals surface area (Å²) < 4.78 is 39.8. The van der Waals surface area contributed by atoms with Crippen molar-refractivity contribution in [3.63, 3.8) is 0 Å². The van der Waals surface area contributed by atoms with Crippen molar-refractivity contribution in [2.24, 2.45) is 10.9 Å². The molecule has 1 aliphatic carbocycles. The Labute approximate surface area is 194 Å². The standard InChI is InChI=1S/C22H27F3N4O3S/c23-22(24,25)16-12-17-18(14-30)26-21(33-20(17)19(13-16)29(31)32)28-10-8-27(9-11-28)7-6-15-4-2-1-3-5-15/h12-15,18H,1-11H2. The number of carbonyl (C=O) groups is 1. The Morgan fingerprint density at radius 2 is 1.85 bits per heavy atom. The Morgan fingerprint density at radius 3 is 2.45 bits per heavy atom. The molecule has 1 atom stereocenters. The molecule has 1 aromatic carbocycles. The van der Waals surface area contributed by atoms with Crippen LogP contribution in [0.3, 0.4) is 0 Å². The maximum atomic E-state index is 13.3. The topological polar surface area (TPSA) is 79.0 Å². The van der Waals surface area contributed by atoms with E-state index in [1.165, 1.54) is 38.5 Å². The Kier molecular flexibility index (Phi) is 7.28. The maximum Gasteiger partial charge on any atom is 0.416 e. The summed E-state index contributed by atoms with van der Waals surface area (Å²) in [5.41, 5.74) is -1.85. The number of nitro benzene ring substituents is 1. The van der Waals surface area contributed by atoms with Crippen molar-refractivity contribution in [1.29, 1.82) is 0 Å². The van der Waals surface area contributed by atoms with E-state index >= 15 is 0 Å². The van der Waals surface area contributed by atoms with E-state index in [0.29, 0.717) is 30.6 Å². The Balaban J connectivity index is 1.46. The number of nitrogens with zero attached hydrogens (tertiary/aromatic N) is 4. The SMILES string of the molecule is O=CC1N=C(N2CCN(CCC3CCCCC3)CC2)Sc2c1cc(C(F)(F)F)cc2[N+](=O)[O-]. The van der Waals surface area contributed by atoms with Gasteiger partial charge < -0.3 is 9.69 Å². The number of aliphatic imine (C=N–C) groups is 1. The van der Waals surface area contributed by atoms with Crippen LogP contribution in [-0.4, -0.2) is 58.9 Å². The molecule has 3 aliphatic rings. The molecule has 0 radical (unpaired) electrons. The number of halogens is 3. The normalized spacial score (nSPS) is 22.6. The van der Waals surface area contributed by atoms with E-state index in [4.69, 9.17) is 0 Å². The molecular weight excluding hydrogens is 457 g/mol. The molecule has 0 spiro atoms. The van der Waals surface area contributed by atoms with E-state index in [9.17, 15) is 28.1 Å². The highest BCUT2D eigenvalue weighted by atomic mass is 32.2. The fourth-order valence-electron chi connectivity index (χ4n) is 4.83. The number of carbonyl (C=O) groups excluding carboxylic acids is 1. The van der Waals surface area contributed by atoms with Crippen LogP contribution in [0.5, 0.6) is 0 Å². The largest absolute Gasteiger partial charge is 0.416 e. The average molecular weight is 485 g/mol. The zero-order valence-electron chi connectivity index (χ0n) is 18.2. The number of amidine groups is 1. The summed E-state index contributed by atoms with van der Waals surface area (Å²) >= 11 is 0.984. The lowest BCUT2D eigenvalue weighted by Gasteiger charge is -2.38. The average Bonchev–Trinajstić information content (AvgIpc) is 2.81. The van der Waals surface area contributed by atoms with Gasteiger partial charge >= 0.3 is 6.18 Å². The predicted molar refractivity (Wildman–Crippen MR) is 119 cm³/mol. The molecule has 0 N–H and O–H groups in total. The van der Waals surface area contributed by atoms with Crippen molar-refractivity contribution in [3.05, 3.63) is 33.4 Å². The molecule has 1 unspecified atom stereocenters. The lowest BCUT2D eigenvalue weighted by Crippen LogP contribution is -2.48. The molecule has 11 heteroatoms. The van der Waals surface area contributed by atoms with Crippen LogP contribution in [0.25, 0.3) is 0 Å². The van der Waals surface area contributed by atoms with Gasteiger partial charge in [0.05, 0.1) is 15.4 Å². The molecule has 2 fully saturated rings. The van der Waals surface area contributed by atoms with Crippen LogP contribution in [0.15, 0.2) is 22.0 Å². The van der Waals surface area contributed by atoms with E-state index in [1.807, 2.05) is 4.90 Å². The van der Waals surface area contributed by atoms with Gasteiger partial charge in [-0.1, -0.05) is 32.1 Å². The first-order chi connectivity index (χ1) is 15.8. The van der Waals surface area contributed by atoms with Crippen LogP contribution >= 0.6 is 11.8 Å². The van der Waals surface area contributed by atoms with Gasteiger partial charge in [0.2, 0.25) is 0 Å². The molecule has 180 valence electrons. The molecule has 0 aromatic heterocycles. The van der Waals surface area contributed by atoms with E-state index < -0.39 is 28.4 Å². The molecule has 4 rings (SSSR count). The van der Waals surface area contributed by atoms with Crippen molar-refractivity contribution in [3.8, 4) is 0 Å². The van der Waals surface area contributed by atoms with E-state index in [2.05, 4.69) is 9.89 Å². The molecule has 2 heterocycles. The van der Waals surface area contributed by atoms with Crippen molar-refractivity contribution in [2.45, 2.75) is 55.6 Å². The molecule has 7 nitrogen and oxygen atoms in total. The highest BCUT2D eigenvalue weighted by Gasteiger charge is 2.38. The van der Waals surface area contributed by atoms with Gasteiger partial charge in [-0.05, 0) is 36.7 Å². The third-order valence-electron chi connectivity index (χ3n) is 6.73. The minimum atomic E-state index is -4.75. The first-order valence-corrected chi connectivity index (χ1v) is 12.2. The van der Waals surface area contributed by atoms with E-state index in [-0.39, 0.29) is 10.5 Å². The van der Waals surface area contributed by atoms with Crippen LogP contribution in [0.2, 0.25) is 0 Å². The summed E-state index contributed by atoms with van der Waals surface area (Å²) in [6, 6.07) is 0.152. The molecule has 1 saturated carbocycles. The molecule has 1 saturated heterocycles. The lowest BCUT2D eigenvalue weighted by atomic mass is 9.87. The summed E-state index contributed by atoms with van der Waals surface area (Å²) in [5.74, 6) is 0.807. The second kappa shape index (κ2) is 10.0. The smallest absolute Gasteiger partial charge is 0.349 e. The molecule has 0 bridgehead atoms. The van der Waals surface area contributed by atoms with Crippen molar-refractivity contribution in [1.82, 2.24) is 9.80 Å². The second-order valence-corrected chi connectivity index (χ2v) is 9.86. The fraction of sp³-hybridized carbons (Fsp3) is 0.636. The van der Waals surface area contributed by atoms with Gasteiger partial charge in [0.25, 0.3) is 5.69 Å². The quantitative estimate of drug-likeness (QED) is 0.336. The minimum Gasteiger partial charge on any atom is -0.349 e. The summed E-state index contributed by atoms with van der Waals surface area (Å²) in [6.07, 6.45) is 3.51. The molecule has 0 amide bonds. The number of benzene rings is 1. The zero-order chi connectivity index (χ0) is 23.6. The van der Waals surface area contributed by atoms with Crippen molar-refractivity contribution < 1.29 is 22.9 Å². The third-order valence-corrected chi connectivity index (χ3v) is 7.93. The van der Waals surface area contributed by atoms with Crippen LogP contribution in [0.4, 0.5) is 18.9 Å². The zero-order valence-corrected chi connectivity index (χ0v) is 19.0. The Morgan fingerprint density at radius 1 is 1.15 bits per heavy atom. The van der Waals surface area contributed by atoms with Gasteiger partial charge in [-0.3, -0.25) is 15.0 Å². The van der Waals surface area contributed by atoms with E-state index in [0.717, 1.165) is 43.4 Å². The predicted octanol–water partition coefficient (Wildman–Crippen LogP) is 4.90. The number of aldehydes is 1. The number of thioether (sulfide) groups is 1. The fourth-order valence-corrected chi connectivity index (χ4v) is 6.02. The molecule has 33 heavy (non-hydrogen) atoms. The summed E-state index contributed by atoms with van der Waals surface area (Å²) in [7, 11) is 0. The third kappa shape index (κ3) is 5.51. The summed E-state index contributed by atoms with van der Waals surface area (Å²) in [5, 5.41) is 12.0. The van der Waals surface area contributed by atoms with Gasteiger partial charge in [-0.15, -0.1) is 0 Å². The van der Waals surface area contributed by atoms with Crippen LogP contribution in [0, 0.1) is 16.0 Å². The monoisotopic (exact) mass is 484 g/mol. The van der Waals surface area contributed by atoms with Gasteiger partial charge in [-0.2, -0.15) is 13.2 Å². The highest BCUT2D eigenvalue weighted by molar-refractivity contribution is 8.14. The lowest BCUT2D eigenvalue weighted by molar-refractivity contribution is -0.388. The number of alkyl halides is 3. The highest BCUT2D eigenvalue weighted by Crippen LogP contribution is 2.45.